The van der Waals surface area contributed by atoms with E-state index < -0.39 is 5.82 Å². The standard InChI is InChI=1S/C18H16ClFN4O/c1-23-16-9-21-6-4-15(16)22-17(23)12-5-7-24(10-12)18(25)11-2-3-14(20)13(19)8-11/h2-4,6,8-9,12H,5,7,10H2,1H3. The Labute approximate surface area is 149 Å². The van der Waals surface area contributed by atoms with E-state index in [1.54, 1.807) is 17.3 Å². The maximum Gasteiger partial charge on any atom is 0.253 e. The molecular weight excluding hydrogens is 343 g/mol. The second kappa shape index (κ2) is 6.11. The Morgan fingerprint density at radius 1 is 1.36 bits per heavy atom. The predicted molar refractivity (Wildman–Crippen MR) is 93.2 cm³/mol. The van der Waals surface area contributed by atoms with Crippen LogP contribution in [0, 0.1) is 5.82 Å². The van der Waals surface area contributed by atoms with Gasteiger partial charge in [0.1, 0.15) is 11.6 Å². The average molecular weight is 359 g/mol. The van der Waals surface area contributed by atoms with Crippen LogP contribution in [0.25, 0.3) is 11.0 Å². The van der Waals surface area contributed by atoms with Crippen molar-refractivity contribution < 1.29 is 9.18 Å². The number of pyridine rings is 1. The molecule has 1 saturated heterocycles. The largest absolute Gasteiger partial charge is 0.338 e. The number of halogens is 2. The first kappa shape index (κ1) is 16.0. The predicted octanol–water partition coefficient (Wildman–Crippen LogP) is 3.39. The molecule has 0 spiro atoms. The molecule has 7 heteroatoms. The van der Waals surface area contributed by atoms with Crippen molar-refractivity contribution in [1.82, 2.24) is 19.4 Å². The van der Waals surface area contributed by atoms with Crippen LogP contribution in [-0.4, -0.2) is 38.4 Å². The van der Waals surface area contributed by atoms with Crippen LogP contribution in [0.1, 0.15) is 28.5 Å². The van der Waals surface area contributed by atoms with Crippen LogP contribution < -0.4 is 0 Å². The van der Waals surface area contributed by atoms with Crippen molar-refractivity contribution in [1.29, 1.82) is 0 Å². The van der Waals surface area contributed by atoms with Gasteiger partial charge < -0.3 is 9.47 Å². The van der Waals surface area contributed by atoms with Gasteiger partial charge in [-0.3, -0.25) is 9.78 Å². The Morgan fingerprint density at radius 3 is 2.96 bits per heavy atom. The number of imidazole rings is 1. The van der Waals surface area contributed by atoms with Crippen molar-refractivity contribution in [3.8, 4) is 0 Å². The maximum absolute atomic E-state index is 13.3. The van der Waals surface area contributed by atoms with E-state index in [4.69, 9.17) is 16.6 Å². The third-order valence-corrected chi connectivity index (χ3v) is 5.01. The highest BCUT2D eigenvalue weighted by Gasteiger charge is 2.31. The Bertz CT molecular complexity index is 971. The number of hydrogen-bond acceptors (Lipinski definition) is 3. The minimum atomic E-state index is -0.522. The molecule has 1 amide bonds. The van der Waals surface area contributed by atoms with Crippen LogP contribution in [-0.2, 0) is 7.05 Å². The summed E-state index contributed by atoms with van der Waals surface area (Å²) in [6, 6.07) is 5.96. The van der Waals surface area contributed by atoms with E-state index in [9.17, 15) is 9.18 Å². The van der Waals surface area contributed by atoms with Crippen LogP contribution in [0.5, 0.6) is 0 Å². The molecule has 1 unspecified atom stereocenters. The van der Waals surface area contributed by atoms with Gasteiger partial charge in [-0.25, -0.2) is 9.37 Å². The van der Waals surface area contributed by atoms with Gasteiger partial charge in [0.15, 0.2) is 0 Å². The zero-order chi connectivity index (χ0) is 17.6. The number of carbonyl (C=O) groups excluding carboxylic acids is 1. The van der Waals surface area contributed by atoms with Gasteiger partial charge in [0.25, 0.3) is 5.91 Å². The molecule has 0 aliphatic carbocycles. The second-order valence-electron chi connectivity index (χ2n) is 6.26. The van der Waals surface area contributed by atoms with Gasteiger partial charge in [-0.15, -0.1) is 0 Å². The summed E-state index contributed by atoms with van der Waals surface area (Å²) in [5.74, 6) is 0.461. The lowest BCUT2D eigenvalue weighted by atomic mass is 10.1. The quantitative estimate of drug-likeness (QED) is 0.705. The summed E-state index contributed by atoms with van der Waals surface area (Å²) < 4.78 is 15.3. The molecule has 1 aromatic carbocycles. The molecule has 4 rings (SSSR count). The molecule has 3 aromatic rings. The van der Waals surface area contributed by atoms with Gasteiger partial charge in [0.05, 0.1) is 22.3 Å². The van der Waals surface area contributed by atoms with Gasteiger partial charge in [0, 0.05) is 37.8 Å². The molecule has 1 atom stereocenters. The number of carbonyl (C=O) groups is 1. The average Bonchev–Trinajstić information content (AvgIpc) is 3.22. The number of fused-ring (bicyclic) bond motifs is 1. The number of hydrogen-bond donors (Lipinski definition) is 0. The zero-order valence-corrected chi connectivity index (χ0v) is 14.4. The summed E-state index contributed by atoms with van der Waals surface area (Å²) >= 11 is 5.79. The second-order valence-corrected chi connectivity index (χ2v) is 6.67. The molecule has 128 valence electrons. The van der Waals surface area contributed by atoms with E-state index in [-0.39, 0.29) is 16.8 Å². The number of benzene rings is 1. The Hall–Kier alpha value is -2.47. The summed E-state index contributed by atoms with van der Waals surface area (Å²) in [5.41, 5.74) is 2.29. The minimum Gasteiger partial charge on any atom is -0.338 e. The number of likely N-dealkylation sites (tertiary alicyclic amines) is 1. The van der Waals surface area contributed by atoms with E-state index in [1.165, 1.54) is 18.2 Å². The lowest BCUT2D eigenvalue weighted by Crippen LogP contribution is -2.28. The number of nitrogens with zero attached hydrogens (tertiary/aromatic N) is 4. The zero-order valence-electron chi connectivity index (χ0n) is 13.6. The van der Waals surface area contributed by atoms with Crippen LogP contribution in [0.3, 0.4) is 0 Å². The van der Waals surface area contributed by atoms with Crippen molar-refractivity contribution in [3.05, 3.63) is 58.9 Å². The van der Waals surface area contributed by atoms with Crippen molar-refractivity contribution in [2.24, 2.45) is 7.05 Å². The summed E-state index contributed by atoms with van der Waals surface area (Å²) in [6.07, 6.45) is 4.36. The molecule has 1 aliphatic heterocycles. The smallest absolute Gasteiger partial charge is 0.253 e. The highest BCUT2D eigenvalue weighted by Crippen LogP contribution is 2.30. The third kappa shape index (κ3) is 2.76. The summed E-state index contributed by atoms with van der Waals surface area (Å²) in [4.78, 5) is 23.3. The van der Waals surface area contributed by atoms with Crippen LogP contribution >= 0.6 is 11.6 Å². The lowest BCUT2D eigenvalue weighted by Gasteiger charge is -2.17. The third-order valence-electron chi connectivity index (χ3n) is 4.72. The normalized spacial score (nSPS) is 17.4. The highest BCUT2D eigenvalue weighted by atomic mass is 35.5. The molecule has 0 N–H and O–H groups in total. The number of aromatic nitrogens is 3. The van der Waals surface area contributed by atoms with Gasteiger partial charge >= 0.3 is 0 Å². The number of amides is 1. The Kier molecular flexibility index (Phi) is 3.92. The van der Waals surface area contributed by atoms with Crippen molar-refractivity contribution in [2.75, 3.05) is 13.1 Å². The van der Waals surface area contributed by atoms with Gasteiger partial charge in [0.2, 0.25) is 0 Å². The van der Waals surface area contributed by atoms with Crippen LogP contribution in [0.4, 0.5) is 4.39 Å². The Morgan fingerprint density at radius 2 is 2.20 bits per heavy atom. The molecule has 3 heterocycles. The lowest BCUT2D eigenvalue weighted by molar-refractivity contribution is 0.0790. The molecule has 2 aromatic heterocycles. The summed E-state index contributed by atoms with van der Waals surface area (Å²) in [7, 11) is 1.97. The van der Waals surface area contributed by atoms with E-state index in [1.807, 2.05) is 17.7 Å². The number of aryl methyl sites for hydroxylation is 1. The van der Waals surface area contributed by atoms with Crippen molar-refractivity contribution in [2.45, 2.75) is 12.3 Å². The van der Waals surface area contributed by atoms with Crippen LogP contribution in [0.2, 0.25) is 5.02 Å². The van der Waals surface area contributed by atoms with E-state index in [2.05, 4.69) is 4.98 Å². The Balaban J connectivity index is 1.57. The molecule has 1 fully saturated rings. The SMILES string of the molecule is Cn1c(C2CCN(C(=O)c3ccc(F)c(Cl)c3)C2)nc2ccncc21. The first-order valence-corrected chi connectivity index (χ1v) is 8.43. The first-order valence-electron chi connectivity index (χ1n) is 8.05. The number of rotatable bonds is 2. The molecular formula is C18H16ClFN4O. The topological polar surface area (TPSA) is 51.0 Å². The molecule has 25 heavy (non-hydrogen) atoms. The molecule has 0 radical (unpaired) electrons. The fraction of sp³-hybridized carbons (Fsp3) is 0.278. The minimum absolute atomic E-state index is 0.0375. The summed E-state index contributed by atoms with van der Waals surface area (Å²) in [5, 5.41) is -0.0375. The van der Waals surface area contributed by atoms with Crippen molar-refractivity contribution >= 4 is 28.5 Å². The molecule has 0 saturated carbocycles. The van der Waals surface area contributed by atoms with Gasteiger partial charge in [-0.2, -0.15) is 0 Å². The molecule has 5 nitrogen and oxygen atoms in total. The first-order chi connectivity index (χ1) is 12.0. The van der Waals surface area contributed by atoms with Gasteiger partial charge in [-0.1, -0.05) is 11.6 Å². The molecule has 0 bridgehead atoms. The monoisotopic (exact) mass is 358 g/mol. The highest BCUT2D eigenvalue weighted by molar-refractivity contribution is 6.31. The summed E-state index contributed by atoms with van der Waals surface area (Å²) in [6.45, 7) is 1.22. The van der Waals surface area contributed by atoms with E-state index >= 15 is 0 Å². The van der Waals surface area contributed by atoms with E-state index in [0.717, 1.165) is 23.3 Å². The maximum atomic E-state index is 13.3. The van der Waals surface area contributed by atoms with Crippen LogP contribution in [0.15, 0.2) is 36.7 Å². The van der Waals surface area contributed by atoms with E-state index in [0.29, 0.717) is 18.7 Å². The molecule has 1 aliphatic rings. The van der Waals surface area contributed by atoms with Crippen molar-refractivity contribution in [3.63, 3.8) is 0 Å². The fourth-order valence-electron chi connectivity index (χ4n) is 3.39. The fourth-order valence-corrected chi connectivity index (χ4v) is 3.57. The van der Waals surface area contributed by atoms with Gasteiger partial charge in [-0.05, 0) is 30.7 Å².